The summed E-state index contributed by atoms with van der Waals surface area (Å²) >= 11 is 0. The largest absolute Gasteiger partial charge is 0.256 e. The van der Waals surface area contributed by atoms with Gasteiger partial charge in [0, 0.05) is 22.9 Å². The van der Waals surface area contributed by atoms with Crippen LogP contribution in [0, 0.1) is 11.8 Å². The molecule has 20 heavy (non-hydrogen) atoms. The topological polar surface area (TPSA) is 12.9 Å². The molecule has 0 spiro atoms. The van der Waals surface area contributed by atoms with E-state index in [1.165, 1.54) is 0 Å². The lowest BCUT2D eigenvalue weighted by Gasteiger charge is -1.99. The number of nitrogens with zero attached hydrogens (tertiary/aromatic N) is 1. The molecule has 0 aliphatic carbocycles. The summed E-state index contributed by atoms with van der Waals surface area (Å²) in [6.07, 6.45) is 1.80. The van der Waals surface area contributed by atoms with Crippen molar-refractivity contribution in [2.75, 3.05) is 0 Å². The molecule has 0 saturated heterocycles. The second-order valence-electron chi connectivity index (χ2n) is 4.41. The molecule has 0 fully saturated rings. The number of aromatic nitrogens is 1. The second-order valence-corrected chi connectivity index (χ2v) is 4.41. The molecule has 0 atom stereocenters. The number of benzene rings is 2. The van der Waals surface area contributed by atoms with Gasteiger partial charge in [-0.15, -0.1) is 0 Å². The standard InChI is InChI=1S/C19H13N/c1-2-6-16(7-3-1)9-10-17-11-13-18(14-12-17)19-8-4-5-15-20-19/h1-8,11-15H. The van der Waals surface area contributed by atoms with Crippen molar-refractivity contribution in [3.8, 4) is 23.1 Å². The molecule has 0 aliphatic heterocycles. The van der Waals surface area contributed by atoms with Crippen LogP contribution >= 0.6 is 0 Å². The minimum atomic E-state index is 0.982. The Labute approximate surface area is 118 Å². The molecule has 0 saturated carbocycles. The maximum absolute atomic E-state index is 4.34. The van der Waals surface area contributed by atoms with Gasteiger partial charge in [-0.3, -0.25) is 4.98 Å². The van der Waals surface area contributed by atoms with Crippen LogP contribution in [0.2, 0.25) is 0 Å². The zero-order valence-electron chi connectivity index (χ0n) is 11.0. The smallest absolute Gasteiger partial charge is 0.0701 e. The second kappa shape index (κ2) is 5.86. The Morgan fingerprint density at radius 2 is 1.25 bits per heavy atom. The average molecular weight is 255 g/mol. The van der Waals surface area contributed by atoms with E-state index in [1.54, 1.807) is 6.20 Å². The lowest BCUT2D eigenvalue weighted by Crippen LogP contribution is -1.82. The van der Waals surface area contributed by atoms with Crippen LogP contribution in [0.4, 0.5) is 0 Å². The van der Waals surface area contributed by atoms with Crippen molar-refractivity contribution in [1.29, 1.82) is 0 Å². The first kappa shape index (κ1) is 12.2. The highest BCUT2D eigenvalue weighted by atomic mass is 14.7. The van der Waals surface area contributed by atoms with Gasteiger partial charge in [-0.2, -0.15) is 0 Å². The number of pyridine rings is 1. The Morgan fingerprint density at radius 1 is 0.600 bits per heavy atom. The van der Waals surface area contributed by atoms with Crippen molar-refractivity contribution in [2.45, 2.75) is 0 Å². The Hall–Kier alpha value is -2.85. The molecule has 0 radical (unpaired) electrons. The summed E-state index contributed by atoms with van der Waals surface area (Å²) in [4.78, 5) is 4.34. The summed E-state index contributed by atoms with van der Waals surface area (Å²) in [7, 11) is 0. The quantitative estimate of drug-likeness (QED) is 0.595. The molecular weight excluding hydrogens is 242 g/mol. The summed E-state index contributed by atoms with van der Waals surface area (Å²) < 4.78 is 0. The van der Waals surface area contributed by atoms with E-state index >= 15 is 0 Å². The summed E-state index contributed by atoms with van der Waals surface area (Å²) in [5.41, 5.74) is 4.13. The Morgan fingerprint density at radius 3 is 1.90 bits per heavy atom. The van der Waals surface area contributed by atoms with Crippen molar-refractivity contribution >= 4 is 0 Å². The first-order valence-electron chi connectivity index (χ1n) is 6.50. The predicted molar refractivity (Wildman–Crippen MR) is 82.1 cm³/mol. The molecule has 3 rings (SSSR count). The van der Waals surface area contributed by atoms with Gasteiger partial charge in [-0.25, -0.2) is 0 Å². The lowest BCUT2D eigenvalue weighted by molar-refractivity contribution is 1.33. The van der Waals surface area contributed by atoms with Crippen molar-refractivity contribution in [2.24, 2.45) is 0 Å². The molecule has 3 aromatic rings. The lowest BCUT2D eigenvalue weighted by atomic mass is 10.1. The van der Waals surface area contributed by atoms with E-state index in [2.05, 4.69) is 29.0 Å². The summed E-state index contributed by atoms with van der Waals surface area (Å²) in [6, 6.07) is 24.1. The van der Waals surface area contributed by atoms with E-state index in [9.17, 15) is 0 Å². The molecule has 0 bridgehead atoms. The summed E-state index contributed by atoms with van der Waals surface area (Å²) in [6.45, 7) is 0. The third-order valence-corrected chi connectivity index (χ3v) is 2.97. The van der Waals surface area contributed by atoms with E-state index in [-0.39, 0.29) is 0 Å². The van der Waals surface area contributed by atoms with Crippen molar-refractivity contribution in [3.63, 3.8) is 0 Å². The van der Waals surface area contributed by atoms with Crippen LogP contribution < -0.4 is 0 Å². The van der Waals surface area contributed by atoms with Gasteiger partial charge in [0.05, 0.1) is 5.69 Å². The van der Waals surface area contributed by atoms with Crippen LogP contribution in [0.25, 0.3) is 11.3 Å². The van der Waals surface area contributed by atoms with Crippen molar-refractivity contribution in [3.05, 3.63) is 90.1 Å². The molecule has 1 heterocycles. The highest BCUT2D eigenvalue weighted by molar-refractivity contribution is 5.60. The van der Waals surface area contributed by atoms with Crippen LogP contribution in [0.3, 0.4) is 0 Å². The third-order valence-electron chi connectivity index (χ3n) is 2.97. The van der Waals surface area contributed by atoms with E-state index in [0.717, 1.165) is 22.4 Å². The molecule has 2 aromatic carbocycles. The number of rotatable bonds is 1. The van der Waals surface area contributed by atoms with E-state index in [1.807, 2.05) is 60.7 Å². The Kier molecular flexibility index (Phi) is 3.57. The SMILES string of the molecule is C(#Cc1ccc(-c2ccccn2)cc1)c1ccccc1. The van der Waals surface area contributed by atoms with Crippen molar-refractivity contribution < 1.29 is 0 Å². The van der Waals surface area contributed by atoms with E-state index in [0.29, 0.717) is 0 Å². The molecule has 1 aromatic heterocycles. The maximum Gasteiger partial charge on any atom is 0.0701 e. The third kappa shape index (κ3) is 2.93. The zero-order valence-corrected chi connectivity index (χ0v) is 11.0. The maximum atomic E-state index is 4.34. The van der Waals surface area contributed by atoms with Gasteiger partial charge in [-0.1, -0.05) is 48.2 Å². The first-order chi connectivity index (χ1) is 9.92. The Balaban J connectivity index is 1.83. The van der Waals surface area contributed by atoms with Crippen LogP contribution in [-0.2, 0) is 0 Å². The molecule has 0 aliphatic rings. The first-order valence-corrected chi connectivity index (χ1v) is 6.50. The highest BCUT2D eigenvalue weighted by Gasteiger charge is 1.96. The van der Waals surface area contributed by atoms with Gasteiger partial charge in [0.15, 0.2) is 0 Å². The normalized spacial score (nSPS) is 9.60. The fraction of sp³-hybridized carbons (Fsp3) is 0. The summed E-state index contributed by atoms with van der Waals surface area (Å²) in [5.74, 6) is 6.32. The van der Waals surface area contributed by atoms with E-state index in [4.69, 9.17) is 0 Å². The molecular formula is C19H13N. The van der Waals surface area contributed by atoms with Gasteiger partial charge in [0.1, 0.15) is 0 Å². The zero-order chi connectivity index (χ0) is 13.6. The minimum Gasteiger partial charge on any atom is -0.256 e. The van der Waals surface area contributed by atoms with Crippen LogP contribution in [0.15, 0.2) is 79.0 Å². The Bertz CT molecular complexity index is 733. The van der Waals surface area contributed by atoms with Gasteiger partial charge in [-0.05, 0) is 36.4 Å². The van der Waals surface area contributed by atoms with Gasteiger partial charge >= 0.3 is 0 Å². The number of hydrogen-bond donors (Lipinski definition) is 0. The van der Waals surface area contributed by atoms with Gasteiger partial charge < -0.3 is 0 Å². The monoisotopic (exact) mass is 255 g/mol. The predicted octanol–water partition coefficient (Wildman–Crippen LogP) is 4.15. The average Bonchev–Trinajstić information content (AvgIpc) is 2.55. The van der Waals surface area contributed by atoms with E-state index < -0.39 is 0 Å². The van der Waals surface area contributed by atoms with Crippen LogP contribution in [0.1, 0.15) is 11.1 Å². The molecule has 94 valence electrons. The molecule has 0 unspecified atom stereocenters. The fourth-order valence-electron chi connectivity index (χ4n) is 1.92. The molecule has 0 N–H and O–H groups in total. The summed E-state index contributed by atoms with van der Waals surface area (Å²) in [5, 5.41) is 0. The fourth-order valence-corrected chi connectivity index (χ4v) is 1.92. The highest BCUT2D eigenvalue weighted by Crippen LogP contribution is 2.16. The van der Waals surface area contributed by atoms with Gasteiger partial charge in [0.25, 0.3) is 0 Å². The number of hydrogen-bond acceptors (Lipinski definition) is 1. The molecule has 1 nitrogen and oxygen atoms in total. The van der Waals surface area contributed by atoms with Crippen molar-refractivity contribution in [1.82, 2.24) is 4.98 Å². The molecule has 1 heteroatoms. The van der Waals surface area contributed by atoms with Gasteiger partial charge in [0.2, 0.25) is 0 Å². The van der Waals surface area contributed by atoms with Crippen LogP contribution in [0.5, 0.6) is 0 Å². The minimum absolute atomic E-state index is 0.982. The molecule has 0 amide bonds. The van der Waals surface area contributed by atoms with Crippen LogP contribution in [-0.4, -0.2) is 4.98 Å².